The Hall–Kier alpha value is -0.860. The third-order valence-electron chi connectivity index (χ3n) is 6.50. The van der Waals surface area contributed by atoms with Gasteiger partial charge in [0.05, 0.1) is 0 Å². The SMILES string of the molecule is Cc1c(C)c(C)c([C@H](C2CCC2)N2CCNCC2)c(C)c1C. The van der Waals surface area contributed by atoms with Crippen molar-refractivity contribution in [2.45, 2.75) is 59.9 Å². The second-order valence-electron chi connectivity index (χ2n) is 7.46. The average molecular weight is 300 g/mol. The first kappa shape index (κ1) is 16.0. The van der Waals surface area contributed by atoms with Crippen LogP contribution >= 0.6 is 0 Å². The van der Waals surface area contributed by atoms with Gasteiger partial charge in [-0.3, -0.25) is 4.90 Å². The van der Waals surface area contributed by atoms with Crippen molar-refractivity contribution in [3.63, 3.8) is 0 Å². The van der Waals surface area contributed by atoms with E-state index in [0.29, 0.717) is 6.04 Å². The molecule has 0 radical (unpaired) electrons. The predicted octanol–water partition coefficient (Wildman–Crippen LogP) is 3.98. The molecule has 0 spiro atoms. The predicted molar refractivity (Wildman–Crippen MR) is 94.7 cm³/mol. The lowest BCUT2D eigenvalue weighted by Crippen LogP contribution is -2.48. The number of benzene rings is 1. The van der Waals surface area contributed by atoms with Crippen molar-refractivity contribution in [3.05, 3.63) is 33.4 Å². The Morgan fingerprint density at radius 2 is 1.32 bits per heavy atom. The zero-order chi connectivity index (χ0) is 15.9. The third-order valence-corrected chi connectivity index (χ3v) is 6.50. The molecule has 1 saturated heterocycles. The van der Waals surface area contributed by atoms with Gasteiger partial charge in [-0.05, 0) is 86.8 Å². The molecule has 1 aromatic rings. The van der Waals surface area contributed by atoms with Crippen LogP contribution in [0, 0.1) is 40.5 Å². The molecule has 3 rings (SSSR count). The number of hydrogen-bond donors (Lipinski definition) is 1. The Balaban J connectivity index is 2.07. The first-order valence-electron chi connectivity index (χ1n) is 9.04. The van der Waals surface area contributed by atoms with Gasteiger partial charge in [0.1, 0.15) is 0 Å². The molecule has 2 heteroatoms. The molecule has 1 saturated carbocycles. The van der Waals surface area contributed by atoms with Crippen LogP contribution in [0.25, 0.3) is 0 Å². The maximum Gasteiger partial charge on any atom is 0.0382 e. The zero-order valence-corrected chi connectivity index (χ0v) is 15.1. The van der Waals surface area contributed by atoms with Gasteiger partial charge in [-0.2, -0.15) is 0 Å². The Bertz CT molecular complexity index is 522. The maximum atomic E-state index is 3.52. The van der Waals surface area contributed by atoms with Gasteiger partial charge >= 0.3 is 0 Å². The summed E-state index contributed by atoms with van der Waals surface area (Å²) in [7, 11) is 0. The van der Waals surface area contributed by atoms with Crippen LogP contribution in [0.1, 0.15) is 58.7 Å². The number of piperazine rings is 1. The van der Waals surface area contributed by atoms with Crippen LogP contribution in [0.15, 0.2) is 0 Å². The van der Waals surface area contributed by atoms with E-state index in [1.165, 1.54) is 49.0 Å². The summed E-state index contributed by atoms with van der Waals surface area (Å²) in [6.07, 6.45) is 4.26. The molecule has 1 atom stereocenters. The summed E-state index contributed by atoms with van der Waals surface area (Å²) in [5.74, 6) is 0.872. The Kier molecular flexibility index (Phi) is 4.61. The van der Waals surface area contributed by atoms with E-state index < -0.39 is 0 Å². The fourth-order valence-corrected chi connectivity index (χ4v) is 4.40. The van der Waals surface area contributed by atoms with Crippen molar-refractivity contribution in [2.24, 2.45) is 5.92 Å². The molecule has 0 aromatic heterocycles. The van der Waals surface area contributed by atoms with E-state index in [2.05, 4.69) is 44.8 Å². The van der Waals surface area contributed by atoms with Crippen LogP contribution in [0.2, 0.25) is 0 Å². The summed E-state index contributed by atoms with van der Waals surface area (Å²) in [5.41, 5.74) is 9.28. The van der Waals surface area contributed by atoms with E-state index in [0.717, 1.165) is 19.0 Å². The number of rotatable bonds is 3. The van der Waals surface area contributed by atoms with Crippen LogP contribution < -0.4 is 5.32 Å². The van der Waals surface area contributed by atoms with Crippen molar-refractivity contribution in [2.75, 3.05) is 26.2 Å². The lowest BCUT2D eigenvalue weighted by Gasteiger charge is -2.45. The molecule has 0 unspecified atom stereocenters. The first-order valence-corrected chi connectivity index (χ1v) is 9.04. The summed E-state index contributed by atoms with van der Waals surface area (Å²) in [6.45, 7) is 16.3. The maximum absolute atomic E-state index is 3.52. The highest BCUT2D eigenvalue weighted by Gasteiger charge is 2.35. The summed E-state index contributed by atoms with van der Waals surface area (Å²) in [5, 5.41) is 3.52. The van der Waals surface area contributed by atoms with E-state index in [-0.39, 0.29) is 0 Å². The molecule has 1 aromatic carbocycles. The molecule has 2 aliphatic rings. The topological polar surface area (TPSA) is 15.3 Å². The molecule has 1 N–H and O–H groups in total. The molecule has 1 heterocycles. The summed E-state index contributed by atoms with van der Waals surface area (Å²) in [4.78, 5) is 2.77. The van der Waals surface area contributed by atoms with E-state index in [4.69, 9.17) is 0 Å². The summed E-state index contributed by atoms with van der Waals surface area (Å²) in [6, 6.07) is 0.647. The normalized spacial score (nSPS) is 21.7. The fraction of sp³-hybridized carbons (Fsp3) is 0.700. The number of nitrogens with zero attached hydrogens (tertiary/aromatic N) is 1. The first-order chi connectivity index (χ1) is 10.5. The molecule has 22 heavy (non-hydrogen) atoms. The Morgan fingerprint density at radius 3 is 1.77 bits per heavy atom. The van der Waals surface area contributed by atoms with Crippen molar-refractivity contribution in [1.82, 2.24) is 10.2 Å². The Morgan fingerprint density at radius 1 is 0.818 bits per heavy atom. The van der Waals surface area contributed by atoms with Crippen molar-refractivity contribution >= 4 is 0 Å². The lowest BCUT2D eigenvalue weighted by molar-refractivity contribution is 0.0828. The molecule has 0 amide bonds. The smallest absolute Gasteiger partial charge is 0.0382 e. The van der Waals surface area contributed by atoms with E-state index in [9.17, 15) is 0 Å². The highest BCUT2D eigenvalue weighted by Crippen LogP contribution is 2.45. The van der Waals surface area contributed by atoms with Crippen molar-refractivity contribution in [1.29, 1.82) is 0 Å². The van der Waals surface area contributed by atoms with Gasteiger partial charge in [-0.15, -0.1) is 0 Å². The van der Waals surface area contributed by atoms with Gasteiger partial charge in [0, 0.05) is 32.2 Å². The zero-order valence-electron chi connectivity index (χ0n) is 15.1. The standard InChI is InChI=1S/C20H32N2/c1-13-14(2)16(4)19(17(5)15(13)3)20(18-7-6-8-18)22-11-9-21-10-12-22/h18,20-21H,6-12H2,1-5H3/t20-/m0/s1. The largest absolute Gasteiger partial charge is 0.314 e. The van der Waals surface area contributed by atoms with E-state index >= 15 is 0 Å². The molecule has 2 fully saturated rings. The summed E-state index contributed by atoms with van der Waals surface area (Å²) >= 11 is 0. The molecule has 1 aliphatic carbocycles. The highest BCUT2D eigenvalue weighted by molar-refractivity contribution is 5.51. The third kappa shape index (κ3) is 2.61. The quantitative estimate of drug-likeness (QED) is 0.908. The fourth-order valence-electron chi connectivity index (χ4n) is 4.40. The molecular weight excluding hydrogens is 268 g/mol. The Labute approximate surface area is 136 Å². The number of nitrogens with one attached hydrogen (secondary N) is 1. The minimum atomic E-state index is 0.647. The molecule has 0 bridgehead atoms. The van der Waals surface area contributed by atoms with E-state index in [1.54, 1.807) is 16.7 Å². The van der Waals surface area contributed by atoms with E-state index in [1.807, 2.05) is 0 Å². The molecule has 2 nitrogen and oxygen atoms in total. The van der Waals surface area contributed by atoms with Gasteiger partial charge in [0.2, 0.25) is 0 Å². The van der Waals surface area contributed by atoms with Crippen LogP contribution in [0.5, 0.6) is 0 Å². The van der Waals surface area contributed by atoms with Crippen LogP contribution in [0.4, 0.5) is 0 Å². The molecule has 122 valence electrons. The number of hydrogen-bond acceptors (Lipinski definition) is 2. The minimum Gasteiger partial charge on any atom is -0.314 e. The van der Waals surface area contributed by atoms with Crippen LogP contribution in [-0.4, -0.2) is 31.1 Å². The lowest BCUT2D eigenvalue weighted by atomic mass is 9.73. The van der Waals surface area contributed by atoms with Gasteiger partial charge in [-0.25, -0.2) is 0 Å². The van der Waals surface area contributed by atoms with Gasteiger partial charge in [-0.1, -0.05) is 6.42 Å². The van der Waals surface area contributed by atoms with Gasteiger partial charge < -0.3 is 5.32 Å². The van der Waals surface area contributed by atoms with Crippen LogP contribution in [0.3, 0.4) is 0 Å². The summed E-state index contributed by atoms with van der Waals surface area (Å²) < 4.78 is 0. The van der Waals surface area contributed by atoms with Crippen molar-refractivity contribution in [3.8, 4) is 0 Å². The minimum absolute atomic E-state index is 0.647. The second-order valence-corrected chi connectivity index (χ2v) is 7.46. The monoisotopic (exact) mass is 300 g/mol. The second kappa shape index (κ2) is 6.33. The molecule has 1 aliphatic heterocycles. The van der Waals surface area contributed by atoms with Crippen molar-refractivity contribution < 1.29 is 0 Å². The average Bonchev–Trinajstić information content (AvgIpc) is 2.49. The van der Waals surface area contributed by atoms with Gasteiger partial charge in [0.25, 0.3) is 0 Å². The van der Waals surface area contributed by atoms with Gasteiger partial charge in [0.15, 0.2) is 0 Å². The molecular formula is C20H32N2. The highest BCUT2D eigenvalue weighted by atomic mass is 15.2. The van der Waals surface area contributed by atoms with Crippen LogP contribution in [-0.2, 0) is 0 Å².